The Hall–Kier alpha value is -1.67. The predicted octanol–water partition coefficient (Wildman–Crippen LogP) is 4.55. The topological polar surface area (TPSA) is 46.9 Å². The van der Waals surface area contributed by atoms with Gasteiger partial charge in [0, 0.05) is 26.1 Å². The summed E-state index contributed by atoms with van der Waals surface area (Å²) in [7, 11) is 0. The summed E-state index contributed by atoms with van der Waals surface area (Å²) in [5, 5.41) is 7.21. The highest BCUT2D eigenvalue weighted by Crippen LogP contribution is 2.22. The zero-order valence-corrected chi connectivity index (χ0v) is 15.8. The van der Waals surface area contributed by atoms with E-state index in [0.717, 1.165) is 19.3 Å². The highest BCUT2D eigenvalue weighted by molar-refractivity contribution is 14.1. The molecule has 0 fully saturated rings. The smallest absolute Gasteiger partial charge is 0.256 e. The molecule has 0 atom stereocenters. The standard InChI is InChI=1S/C17H13BrIN3O/c18-13-6-7-15(19)14(10-13)17(23)21-16-5-2-1-4-12(16)11-22-9-3-8-20-22/h1-10H,11H2,(H,21,23). The van der Waals surface area contributed by atoms with E-state index in [1.165, 1.54) is 0 Å². The van der Waals surface area contributed by atoms with Gasteiger partial charge in [0.05, 0.1) is 12.1 Å². The van der Waals surface area contributed by atoms with E-state index in [1.54, 1.807) is 6.20 Å². The van der Waals surface area contributed by atoms with Crippen LogP contribution < -0.4 is 5.32 Å². The van der Waals surface area contributed by atoms with E-state index >= 15 is 0 Å². The van der Waals surface area contributed by atoms with Crippen LogP contribution in [0, 0.1) is 3.57 Å². The molecule has 1 heterocycles. The fourth-order valence-electron chi connectivity index (χ4n) is 2.21. The van der Waals surface area contributed by atoms with Crippen molar-refractivity contribution in [2.24, 2.45) is 0 Å². The van der Waals surface area contributed by atoms with Gasteiger partial charge < -0.3 is 5.32 Å². The number of halogens is 2. The Bertz CT molecular complexity index is 834. The summed E-state index contributed by atoms with van der Waals surface area (Å²) in [5.41, 5.74) is 2.45. The number of hydrogen-bond donors (Lipinski definition) is 1. The van der Waals surface area contributed by atoms with E-state index in [1.807, 2.05) is 59.4 Å². The van der Waals surface area contributed by atoms with Gasteiger partial charge in [-0.05, 0) is 58.5 Å². The van der Waals surface area contributed by atoms with Crippen LogP contribution >= 0.6 is 38.5 Å². The summed E-state index contributed by atoms with van der Waals surface area (Å²) in [6.07, 6.45) is 3.64. The van der Waals surface area contributed by atoms with Crippen LogP contribution in [0.4, 0.5) is 5.69 Å². The average Bonchev–Trinajstić information content (AvgIpc) is 3.04. The number of nitrogens with one attached hydrogen (secondary N) is 1. The molecule has 0 saturated carbocycles. The number of amides is 1. The molecule has 3 rings (SSSR count). The third-order valence-electron chi connectivity index (χ3n) is 3.33. The van der Waals surface area contributed by atoms with Crippen molar-refractivity contribution in [2.75, 3.05) is 5.32 Å². The van der Waals surface area contributed by atoms with Crippen LogP contribution in [0.15, 0.2) is 65.4 Å². The van der Waals surface area contributed by atoms with Gasteiger partial charge in [0.2, 0.25) is 0 Å². The molecule has 0 saturated heterocycles. The summed E-state index contributed by atoms with van der Waals surface area (Å²) < 4.78 is 3.62. The van der Waals surface area contributed by atoms with Crippen LogP contribution in [0.25, 0.3) is 0 Å². The fraction of sp³-hybridized carbons (Fsp3) is 0.0588. The minimum Gasteiger partial charge on any atom is -0.322 e. The van der Waals surface area contributed by atoms with Gasteiger partial charge in [0.15, 0.2) is 0 Å². The molecule has 6 heteroatoms. The average molecular weight is 482 g/mol. The van der Waals surface area contributed by atoms with Crippen molar-refractivity contribution < 1.29 is 4.79 Å². The number of nitrogens with zero attached hydrogens (tertiary/aromatic N) is 2. The molecule has 0 unspecified atom stereocenters. The van der Waals surface area contributed by atoms with Gasteiger partial charge in [-0.1, -0.05) is 34.1 Å². The Balaban J connectivity index is 1.85. The molecule has 116 valence electrons. The van der Waals surface area contributed by atoms with Crippen molar-refractivity contribution in [3.05, 3.63) is 80.1 Å². The monoisotopic (exact) mass is 481 g/mol. The number of para-hydroxylation sites is 1. The predicted molar refractivity (Wildman–Crippen MR) is 103 cm³/mol. The van der Waals surface area contributed by atoms with Crippen LogP contribution in [-0.4, -0.2) is 15.7 Å². The molecule has 0 radical (unpaired) electrons. The van der Waals surface area contributed by atoms with E-state index in [0.29, 0.717) is 12.1 Å². The maximum Gasteiger partial charge on any atom is 0.256 e. The molecule has 1 aromatic heterocycles. The van der Waals surface area contributed by atoms with E-state index in [9.17, 15) is 4.79 Å². The first kappa shape index (κ1) is 16.2. The van der Waals surface area contributed by atoms with Gasteiger partial charge in [-0.15, -0.1) is 0 Å². The molecule has 1 amide bonds. The van der Waals surface area contributed by atoms with Crippen molar-refractivity contribution in [1.29, 1.82) is 0 Å². The van der Waals surface area contributed by atoms with E-state index in [-0.39, 0.29) is 5.91 Å². The van der Waals surface area contributed by atoms with Gasteiger partial charge >= 0.3 is 0 Å². The van der Waals surface area contributed by atoms with Gasteiger partial charge in [-0.25, -0.2) is 0 Å². The van der Waals surface area contributed by atoms with Crippen molar-refractivity contribution in [3.63, 3.8) is 0 Å². The molecule has 0 aliphatic carbocycles. The lowest BCUT2D eigenvalue weighted by Crippen LogP contribution is -2.15. The lowest BCUT2D eigenvalue weighted by molar-refractivity contribution is 0.102. The molecule has 4 nitrogen and oxygen atoms in total. The largest absolute Gasteiger partial charge is 0.322 e. The molecule has 2 aromatic carbocycles. The molecule has 0 aliphatic heterocycles. The molecule has 23 heavy (non-hydrogen) atoms. The minimum atomic E-state index is -0.122. The lowest BCUT2D eigenvalue weighted by Gasteiger charge is -2.12. The van der Waals surface area contributed by atoms with Gasteiger partial charge in [0.1, 0.15) is 0 Å². The normalized spacial score (nSPS) is 10.5. The Labute approximate surface area is 156 Å². The Morgan fingerprint density at radius 3 is 2.83 bits per heavy atom. The van der Waals surface area contributed by atoms with E-state index < -0.39 is 0 Å². The highest BCUT2D eigenvalue weighted by atomic mass is 127. The second-order valence-corrected chi connectivity index (χ2v) is 7.02. The van der Waals surface area contributed by atoms with E-state index in [2.05, 4.69) is 48.9 Å². The van der Waals surface area contributed by atoms with Crippen molar-refractivity contribution >= 4 is 50.1 Å². The van der Waals surface area contributed by atoms with Gasteiger partial charge in [0.25, 0.3) is 5.91 Å². The zero-order valence-electron chi connectivity index (χ0n) is 12.0. The SMILES string of the molecule is O=C(Nc1ccccc1Cn1cccn1)c1cc(Br)ccc1I. The van der Waals surface area contributed by atoms with Crippen LogP contribution in [0.3, 0.4) is 0 Å². The molecular formula is C17H13BrIN3O. The van der Waals surface area contributed by atoms with Crippen LogP contribution in [0.1, 0.15) is 15.9 Å². The Morgan fingerprint density at radius 1 is 1.22 bits per heavy atom. The van der Waals surface area contributed by atoms with Crippen LogP contribution in [-0.2, 0) is 6.54 Å². The maximum absolute atomic E-state index is 12.6. The summed E-state index contributed by atoms with van der Waals surface area (Å²) >= 11 is 5.58. The number of rotatable bonds is 4. The summed E-state index contributed by atoms with van der Waals surface area (Å²) in [6.45, 7) is 0.610. The number of carbonyl (C=O) groups excluding carboxylic acids is 1. The third kappa shape index (κ3) is 4.00. The fourth-order valence-corrected chi connectivity index (χ4v) is 3.15. The third-order valence-corrected chi connectivity index (χ3v) is 4.76. The maximum atomic E-state index is 12.6. The summed E-state index contributed by atoms with van der Waals surface area (Å²) in [4.78, 5) is 12.6. The van der Waals surface area contributed by atoms with Crippen LogP contribution in [0.2, 0.25) is 0 Å². The summed E-state index contributed by atoms with van der Waals surface area (Å²) in [6, 6.07) is 15.3. The molecular weight excluding hydrogens is 469 g/mol. The van der Waals surface area contributed by atoms with Crippen molar-refractivity contribution in [2.45, 2.75) is 6.54 Å². The lowest BCUT2D eigenvalue weighted by atomic mass is 10.1. The van der Waals surface area contributed by atoms with Crippen molar-refractivity contribution in [1.82, 2.24) is 9.78 Å². The van der Waals surface area contributed by atoms with Crippen LogP contribution in [0.5, 0.6) is 0 Å². The van der Waals surface area contributed by atoms with Gasteiger partial charge in [-0.2, -0.15) is 5.10 Å². The molecule has 0 spiro atoms. The number of aromatic nitrogens is 2. The molecule has 3 aromatic rings. The first-order chi connectivity index (χ1) is 11.1. The quantitative estimate of drug-likeness (QED) is 0.555. The molecule has 0 bridgehead atoms. The second-order valence-electron chi connectivity index (χ2n) is 4.94. The number of carbonyl (C=O) groups is 1. The second kappa shape index (κ2) is 7.27. The highest BCUT2D eigenvalue weighted by Gasteiger charge is 2.13. The number of benzene rings is 2. The van der Waals surface area contributed by atoms with Gasteiger partial charge in [-0.3, -0.25) is 9.48 Å². The number of anilines is 1. The summed E-state index contributed by atoms with van der Waals surface area (Å²) in [5.74, 6) is -0.122. The zero-order chi connectivity index (χ0) is 16.2. The van der Waals surface area contributed by atoms with E-state index in [4.69, 9.17) is 0 Å². The number of hydrogen-bond acceptors (Lipinski definition) is 2. The molecule has 1 N–H and O–H groups in total. The Kier molecular flexibility index (Phi) is 5.12. The first-order valence-electron chi connectivity index (χ1n) is 6.95. The minimum absolute atomic E-state index is 0.122. The molecule has 0 aliphatic rings. The first-order valence-corrected chi connectivity index (χ1v) is 8.82. The Morgan fingerprint density at radius 2 is 2.04 bits per heavy atom. The van der Waals surface area contributed by atoms with Crippen molar-refractivity contribution in [3.8, 4) is 0 Å².